The van der Waals surface area contributed by atoms with E-state index in [2.05, 4.69) is 407 Å². The third-order valence-corrected chi connectivity index (χ3v) is 27.9. The van der Waals surface area contributed by atoms with E-state index in [4.69, 9.17) is 39.9 Å². The van der Waals surface area contributed by atoms with E-state index in [0.29, 0.717) is 35.2 Å². The average Bonchev–Trinajstić information content (AvgIpc) is 1.58. The molecule has 18 aromatic carbocycles. The summed E-state index contributed by atoms with van der Waals surface area (Å²) in [7, 11) is 0. The second-order valence-corrected chi connectivity index (χ2v) is 35.0. The van der Waals surface area contributed by atoms with Crippen molar-refractivity contribution in [3.63, 3.8) is 0 Å². The average molecular weight is 1700 g/mol. The van der Waals surface area contributed by atoms with Gasteiger partial charge in [0.2, 0.25) is 11.9 Å². The number of nitrogens with zero attached hydrogens (tertiary/aromatic N) is 12. The van der Waals surface area contributed by atoms with Crippen molar-refractivity contribution in [2.24, 2.45) is 0 Å². The minimum atomic E-state index is 0.518. The lowest BCUT2D eigenvalue weighted by Crippen LogP contribution is -2.06. The smallest absolute Gasteiger partial charge is 0.238 e. The van der Waals surface area contributed by atoms with Gasteiger partial charge >= 0.3 is 0 Å². The van der Waals surface area contributed by atoms with Gasteiger partial charge in [-0.15, -0.1) is 22.7 Å². The number of benzene rings is 18. The molecule has 0 saturated carbocycles. The van der Waals surface area contributed by atoms with Crippen molar-refractivity contribution in [3.05, 3.63) is 425 Å². The molecule has 0 atom stereocenters. The van der Waals surface area contributed by atoms with Gasteiger partial charge < -0.3 is 0 Å². The zero-order valence-electron chi connectivity index (χ0n) is 69.6. The highest BCUT2D eigenvalue weighted by Crippen LogP contribution is 2.51. The summed E-state index contributed by atoms with van der Waals surface area (Å²) in [6, 6.07) is 151. The SMILES string of the molecule is c1ccc(-c2cc(-c3nc4ccccc4n3-c3ccccc3)c3sc4c(-c5nc(-c6ccccc6)nc(-n6c7ccccc7c7cc(-c8cccc(-c9cccc(-n%10c(-c%11cc(-c%12ccccc%12)cc%12c%11sc%11c(-c%13nc(-c%14ccccc%14)nc(-n%14c%15ccccc%15c%15ccc(-c%16ccccc%16)cc%15%14)n%13)cccc%11%12)nc%11ccccc%11%10)c9)c8)ccc76)n5)cccc4c3c2)cc1. The number of aromatic nitrogens is 12. The third kappa shape index (κ3) is 12.4. The molecule has 12 nitrogen and oxygen atoms in total. The van der Waals surface area contributed by atoms with Crippen molar-refractivity contribution in [1.29, 1.82) is 0 Å². The Morgan fingerprint density at radius 3 is 1.02 bits per heavy atom. The van der Waals surface area contributed by atoms with Crippen LogP contribution in [0.1, 0.15) is 0 Å². The Morgan fingerprint density at radius 2 is 0.500 bits per heavy atom. The van der Waals surface area contributed by atoms with E-state index in [-0.39, 0.29) is 0 Å². The fourth-order valence-corrected chi connectivity index (χ4v) is 21.9. The lowest BCUT2D eigenvalue weighted by molar-refractivity contribution is 0.954. The van der Waals surface area contributed by atoms with Crippen molar-refractivity contribution in [2.75, 3.05) is 0 Å². The van der Waals surface area contributed by atoms with Crippen LogP contribution in [0.25, 0.3) is 253 Å². The standard InChI is InChI=1S/C116H70N12S2/c1-7-31-71(32-8-1)80-59-61-87-85-47-19-23-55-99(85)128(104(87)70-80)116-122-110(75-39-15-5-16-40-75)120-112(124-116)91-52-30-50-89-94-67-82(73-35-11-3-12-36-73)69-96(108(94)130-106(89)91)114-118-98-54-22-26-58-103(98)126(114)84-46-28-43-78(64-84)76-41-27-42-77(63-76)79-60-62-101-92(65-79)86-48-20-24-56-100(86)127(101)115-121-109(74-37-13-4-14-38-74)119-111(123-115)90-51-29-49-88-93-66-81(72-33-9-2-10-34-72)68-95(107(93)129-105(88)90)113-117-97-53-21-25-57-102(97)125(113)83-44-17-6-18-45-83/h1-70H. The minimum absolute atomic E-state index is 0.518. The van der Waals surface area contributed by atoms with Gasteiger partial charge in [0.1, 0.15) is 11.6 Å². The van der Waals surface area contributed by atoms with Gasteiger partial charge in [-0.25, -0.2) is 19.9 Å². The molecule has 0 saturated heterocycles. The van der Waals surface area contributed by atoms with Crippen LogP contribution in [0.2, 0.25) is 0 Å². The number of fused-ring (bicyclic) bond motifs is 14. The van der Waals surface area contributed by atoms with Crippen molar-refractivity contribution in [1.82, 2.24) is 58.1 Å². The molecule has 0 bridgehead atoms. The molecule has 0 radical (unpaired) electrons. The highest BCUT2D eigenvalue weighted by atomic mass is 32.1. The van der Waals surface area contributed by atoms with Crippen LogP contribution in [0.15, 0.2) is 425 Å². The first-order valence-electron chi connectivity index (χ1n) is 43.5. The largest absolute Gasteiger partial charge is 0.292 e. The Kier molecular flexibility index (Phi) is 17.4. The number of hydrogen-bond donors (Lipinski definition) is 0. The van der Waals surface area contributed by atoms with Crippen LogP contribution < -0.4 is 0 Å². The highest BCUT2D eigenvalue weighted by molar-refractivity contribution is 7.27. The molecule has 0 aliphatic carbocycles. The monoisotopic (exact) mass is 1690 g/mol. The Morgan fingerprint density at radius 1 is 0.162 bits per heavy atom. The zero-order valence-corrected chi connectivity index (χ0v) is 71.2. The van der Waals surface area contributed by atoms with E-state index >= 15 is 0 Å². The van der Waals surface area contributed by atoms with Gasteiger partial charge in [-0.3, -0.25) is 18.3 Å². The lowest BCUT2D eigenvalue weighted by atomic mass is 9.97. The Labute approximate surface area is 753 Å². The van der Waals surface area contributed by atoms with Crippen LogP contribution in [0, 0.1) is 0 Å². The minimum Gasteiger partial charge on any atom is -0.292 e. The van der Waals surface area contributed by atoms with Gasteiger partial charge in [-0.05, 0) is 177 Å². The van der Waals surface area contributed by atoms with Crippen molar-refractivity contribution < 1.29 is 0 Å². The summed E-state index contributed by atoms with van der Waals surface area (Å²) in [5, 5.41) is 8.83. The van der Waals surface area contributed by atoms with E-state index < -0.39 is 0 Å². The van der Waals surface area contributed by atoms with Gasteiger partial charge in [0.25, 0.3) is 0 Å². The molecule has 0 amide bonds. The normalized spacial score (nSPS) is 11.8. The second-order valence-electron chi connectivity index (χ2n) is 32.9. The van der Waals surface area contributed by atoms with E-state index in [1.165, 1.54) is 0 Å². The second kappa shape index (κ2) is 30.4. The molecule has 0 aliphatic rings. The van der Waals surface area contributed by atoms with Gasteiger partial charge in [0, 0.05) is 107 Å². The number of thiophene rings is 2. The van der Waals surface area contributed by atoms with Crippen LogP contribution in [-0.2, 0) is 0 Å². The molecule has 130 heavy (non-hydrogen) atoms. The van der Waals surface area contributed by atoms with Gasteiger partial charge in [0.15, 0.2) is 23.3 Å². The highest BCUT2D eigenvalue weighted by Gasteiger charge is 2.29. The summed E-state index contributed by atoms with van der Waals surface area (Å²) >= 11 is 3.52. The Bertz CT molecular complexity index is 9050. The number of hydrogen-bond acceptors (Lipinski definition) is 10. The lowest BCUT2D eigenvalue weighted by Gasteiger charge is -2.14. The first-order valence-corrected chi connectivity index (χ1v) is 45.2. The van der Waals surface area contributed by atoms with E-state index in [1.807, 2.05) is 36.4 Å². The number of imidazole rings is 2. The van der Waals surface area contributed by atoms with Gasteiger partial charge in [-0.1, -0.05) is 303 Å². The molecule has 26 rings (SSSR count). The first kappa shape index (κ1) is 74.4. The molecule has 0 spiro atoms. The van der Waals surface area contributed by atoms with Crippen LogP contribution >= 0.6 is 22.7 Å². The first-order chi connectivity index (χ1) is 64.4. The predicted molar refractivity (Wildman–Crippen MR) is 537 cm³/mol. The van der Waals surface area contributed by atoms with Gasteiger partial charge in [-0.2, -0.15) is 19.9 Å². The summed E-state index contributed by atoms with van der Waals surface area (Å²) in [4.78, 5) is 44.1. The quantitative estimate of drug-likeness (QED) is 0.0994. The van der Waals surface area contributed by atoms with Crippen molar-refractivity contribution >= 4 is 129 Å². The van der Waals surface area contributed by atoms with Gasteiger partial charge in [0.05, 0.1) is 44.1 Å². The molecule has 0 N–H and O–H groups in total. The molecular weight excluding hydrogens is 1630 g/mol. The van der Waals surface area contributed by atoms with Crippen molar-refractivity contribution in [2.45, 2.75) is 0 Å². The molecule has 8 aromatic heterocycles. The van der Waals surface area contributed by atoms with E-state index in [1.54, 1.807) is 22.7 Å². The Balaban J connectivity index is 0.590. The molecule has 14 heteroatoms. The van der Waals surface area contributed by atoms with Crippen LogP contribution in [0.3, 0.4) is 0 Å². The number of rotatable bonds is 15. The summed E-state index contributed by atoms with van der Waals surface area (Å²) in [6.45, 7) is 0. The third-order valence-electron chi connectivity index (χ3n) is 25.3. The molecule has 0 unspecified atom stereocenters. The molecule has 26 aromatic rings. The van der Waals surface area contributed by atoms with E-state index in [9.17, 15) is 0 Å². The van der Waals surface area contributed by atoms with Crippen molar-refractivity contribution in [3.8, 4) is 147 Å². The fourth-order valence-electron chi connectivity index (χ4n) is 19.3. The molecule has 0 fully saturated rings. The summed E-state index contributed by atoms with van der Waals surface area (Å²) in [5.74, 6) is 5.05. The fraction of sp³-hybridized carbons (Fsp3) is 0. The molecular formula is C116H70N12S2. The maximum absolute atomic E-state index is 5.69. The molecule has 8 heterocycles. The topological polar surface area (TPSA) is 123 Å². The van der Waals surface area contributed by atoms with Crippen LogP contribution in [-0.4, -0.2) is 58.1 Å². The number of para-hydroxylation sites is 7. The predicted octanol–water partition coefficient (Wildman–Crippen LogP) is 30.0. The zero-order chi connectivity index (χ0) is 85.4. The summed E-state index contributed by atoms with van der Waals surface area (Å²) in [6.07, 6.45) is 0. The van der Waals surface area contributed by atoms with Crippen LogP contribution in [0.4, 0.5) is 0 Å². The maximum Gasteiger partial charge on any atom is 0.238 e. The summed E-state index contributed by atoms with van der Waals surface area (Å²) < 4.78 is 13.4. The van der Waals surface area contributed by atoms with Crippen LogP contribution in [0.5, 0.6) is 0 Å². The summed E-state index contributed by atoms with van der Waals surface area (Å²) in [5.41, 5.74) is 26.4. The Hall–Kier alpha value is -17.0. The van der Waals surface area contributed by atoms with E-state index in [0.717, 1.165) is 218 Å². The molecule has 606 valence electrons. The maximum atomic E-state index is 5.69. The molecule has 0 aliphatic heterocycles.